The molecule has 0 amide bonds. The van der Waals surface area contributed by atoms with Gasteiger partial charge in [0.1, 0.15) is 11.6 Å². The lowest BCUT2D eigenvalue weighted by Gasteiger charge is -2.15. The summed E-state index contributed by atoms with van der Waals surface area (Å²) in [6, 6.07) is -0.0876. The van der Waals surface area contributed by atoms with Crippen molar-refractivity contribution in [3.8, 4) is 0 Å². The summed E-state index contributed by atoms with van der Waals surface area (Å²) >= 11 is 0. The molecule has 0 aliphatic rings. The van der Waals surface area contributed by atoms with Crippen molar-refractivity contribution in [2.24, 2.45) is 0 Å². The van der Waals surface area contributed by atoms with Crippen LogP contribution >= 0.6 is 21.6 Å². The van der Waals surface area contributed by atoms with Gasteiger partial charge in [0.2, 0.25) is 0 Å². The van der Waals surface area contributed by atoms with E-state index in [1.54, 1.807) is 35.4 Å². The minimum atomic E-state index is -0.0557. The van der Waals surface area contributed by atoms with Gasteiger partial charge in [-0.25, -0.2) is 0 Å². The standard InChI is InChI=1S/C13H26N2O2S2/c1-5-14-12(10(3)16)7-8-18-19-9-13(11(4)17)15-6-2/h12-15H,5-9H2,1-4H3/t12-,13-/m0/s1. The zero-order chi connectivity index (χ0) is 14.7. The Balaban J connectivity index is 3.78. The molecule has 19 heavy (non-hydrogen) atoms. The second-order valence-corrected chi connectivity index (χ2v) is 6.96. The lowest BCUT2D eigenvalue weighted by atomic mass is 10.1. The first kappa shape index (κ1) is 19.0. The zero-order valence-electron chi connectivity index (χ0n) is 12.3. The summed E-state index contributed by atoms with van der Waals surface area (Å²) in [4.78, 5) is 22.7. The summed E-state index contributed by atoms with van der Waals surface area (Å²) in [5.74, 6) is 2.07. The fraction of sp³-hybridized carbons (Fsp3) is 0.846. The fourth-order valence-electron chi connectivity index (χ4n) is 1.60. The second-order valence-electron chi connectivity index (χ2n) is 4.34. The Kier molecular flexibility index (Phi) is 11.7. The predicted octanol–water partition coefficient (Wildman–Crippen LogP) is 1.89. The van der Waals surface area contributed by atoms with Gasteiger partial charge in [0.25, 0.3) is 0 Å². The molecule has 0 aromatic carbocycles. The number of carbonyl (C=O) groups excluding carboxylic acids is 2. The van der Waals surface area contributed by atoms with Crippen LogP contribution < -0.4 is 10.6 Å². The van der Waals surface area contributed by atoms with Crippen molar-refractivity contribution in [2.45, 2.75) is 46.2 Å². The van der Waals surface area contributed by atoms with Gasteiger partial charge in [0, 0.05) is 11.5 Å². The first-order valence-corrected chi connectivity index (χ1v) is 9.23. The highest BCUT2D eigenvalue weighted by molar-refractivity contribution is 8.76. The molecule has 4 nitrogen and oxygen atoms in total. The molecule has 0 aromatic heterocycles. The largest absolute Gasteiger partial charge is 0.308 e. The van der Waals surface area contributed by atoms with E-state index < -0.39 is 0 Å². The topological polar surface area (TPSA) is 58.2 Å². The third-order valence-corrected chi connectivity index (χ3v) is 5.14. The Morgan fingerprint density at radius 3 is 1.95 bits per heavy atom. The van der Waals surface area contributed by atoms with Crippen LogP contribution in [0.3, 0.4) is 0 Å². The molecule has 0 heterocycles. The molecular formula is C13H26N2O2S2. The number of carbonyl (C=O) groups is 2. The Bertz CT molecular complexity index is 249. The minimum Gasteiger partial charge on any atom is -0.308 e. The molecule has 0 aromatic rings. The second kappa shape index (κ2) is 11.8. The molecule has 6 heteroatoms. The maximum absolute atomic E-state index is 11.3. The van der Waals surface area contributed by atoms with Gasteiger partial charge in [0.15, 0.2) is 0 Å². The van der Waals surface area contributed by atoms with Gasteiger partial charge >= 0.3 is 0 Å². The van der Waals surface area contributed by atoms with Gasteiger partial charge in [-0.3, -0.25) is 9.59 Å². The van der Waals surface area contributed by atoms with Crippen molar-refractivity contribution in [3.63, 3.8) is 0 Å². The molecule has 112 valence electrons. The molecule has 0 aliphatic heterocycles. The SMILES string of the molecule is CCN[C@@H](CCSSC[C@H](NCC)C(C)=O)C(C)=O. The number of likely N-dealkylation sites (N-methyl/N-ethyl adjacent to an activating group) is 2. The molecule has 0 saturated carbocycles. The number of nitrogens with one attached hydrogen (secondary N) is 2. The molecule has 0 bridgehead atoms. The van der Waals surface area contributed by atoms with E-state index in [2.05, 4.69) is 10.6 Å². The van der Waals surface area contributed by atoms with E-state index in [0.717, 1.165) is 31.0 Å². The van der Waals surface area contributed by atoms with Crippen LogP contribution in [-0.4, -0.2) is 48.2 Å². The molecule has 0 radical (unpaired) electrons. The number of Topliss-reactive ketones (excluding diaryl/α,β-unsaturated/α-hetero) is 2. The third kappa shape index (κ3) is 9.49. The van der Waals surface area contributed by atoms with Crippen molar-refractivity contribution in [2.75, 3.05) is 24.6 Å². The Hall–Kier alpha value is -0.0400. The van der Waals surface area contributed by atoms with Crippen LogP contribution in [0.25, 0.3) is 0 Å². The molecule has 0 saturated heterocycles. The molecule has 0 rings (SSSR count). The molecule has 0 fully saturated rings. The summed E-state index contributed by atoms with van der Waals surface area (Å²) in [5, 5.41) is 6.35. The van der Waals surface area contributed by atoms with Crippen LogP contribution in [0.2, 0.25) is 0 Å². The molecule has 0 spiro atoms. The van der Waals surface area contributed by atoms with E-state index in [0.29, 0.717) is 0 Å². The maximum Gasteiger partial charge on any atom is 0.147 e. The maximum atomic E-state index is 11.3. The molecule has 2 atom stereocenters. The Labute approximate surface area is 124 Å². The summed E-state index contributed by atoms with van der Waals surface area (Å²) in [6.07, 6.45) is 0.840. The third-order valence-electron chi connectivity index (χ3n) is 2.69. The van der Waals surface area contributed by atoms with Gasteiger partial charge in [-0.1, -0.05) is 35.4 Å². The molecule has 2 N–H and O–H groups in total. The van der Waals surface area contributed by atoms with Crippen LogP contribution in [-0.2, 0) is 9.59 Å². The Morgan fingerprint density at radius 1 is 0.947 bits per heavy atom. The molecular weight excluding hydrogens is 280 g/mol. The number of hydrogen-bond donors (Lipinski definition) is 2. The van der Waals surface area contributed by atoms with Crippen LogP contribution in [0.1, 0.15) is 34.1 Å². The van der Waals surface area contributed by atoms with E-state index in [4.69, 9.17) is 0 Å². The molecule has 0 aliphatic carbocycles. The van der Waals surface area contributed by atoms with Crippen molar-refractivity contribution in [1.29, 1.82) is 0 Å². The van der Waals surface area contributed by atoms with Crippen LogP contribution in [0.4, 0.5) is 0 Å². The predicted molar refractivity (Wildman–Crippen MR) is 85.8 cm³/mol. The van der Waals surface area contributed by atoms with E-state index in [1.165, 1.54) is 0 Å². The summed E-state index contributed by atoms with van der Waals surface area (Å²) in [5.41, 5.74) is 0. The fourth-order valence-corrected chi connectivity index (χ4v) is 3.98. The average Bonchev–Trinajstić information content (AvgIpc) is 2.35. The van der Waals surface area contributed by atoms with Crippen LogP contribution in [0.15, 0.2) is 0 Å². The number of rotatable bonds is 12. The van der Waals surface area contributed by atoms with Crippen molar-refractivity contribution in [3.05, 3.63) is 0 Å². The lowest BCUT2D eigenvalue weighted by molar-refractivity contribution is -0.119. The highest BCUT2D eigenvalue weighted by Crippen LogP contribution is 2.23. The first-order valence-electron chi connectivity index (χ1n) is 6.74. The highest BCUT2D eigenvalue weighted by atomic mass is 33.1. The first-order chi connectivity index (χ1) is 9.02. The summed E-state index contributed by atoms with van der Waals surface area (Å²) in [6.45, 7) is 8.88. The van der Waals surface area contributed by atoms with E-state index in [1.807, 2.05) is 13.8 Å². The van der Waals surface area contributed by atoms with Gasteiger partial charge in [0.05, 0.1) is 12.1 Å². The number of hydrogen-bond acceptors (Lipinski definition) is 6. The zero-order valence-corrected chi connectivity index (χ0v) is 14.0. The van der Waals surface area contributed by atoms with Crippen molar-refractivity contribution < 1.29 is 9.59 Å². The quantitative estimate of drug-likeness (QED) is 0.424. The summed E-state index contributed by atoms with van der Waals surface area (Å²) in [7, 11) is 3.42. The van der Waals surface area contributed by atoms with Gasteiger partial charge in [-0.05, 0) is 33.4 Å². The highest BCUT2D eigenvalue weighted by Gasteiger charge is 2.14. The van der Waals surface area contributed by atoms with E-state index >= 15 is 0 Å². The van der Waals surface area contributed by atoms with Crippen molar-refractivity contribution in [1.82, 2.24) is 10.6 Å². The summed E-state index contributed by atoms with van der Waals surface area (Å²) < 4.78 is 0. The smallest absolute Gasteiger partial charge is 0.147 e. The van der Waals surface area contributed by atoms with E-state index in [9.17, 15) is 9.59 Å². The van der Waals surface area contributed by atoms with Gasteiger partial charge in [-0.2, -0.15) is 0 Å². The monoisotopic (exact) mass is 306 g/mol. The number of ketones is 2. The normalized spacial score (nSPS) is 14.1. The minimum absolute atomic E-state index is 0.0320. The van der Waals surface area contributed by atoms with E-state index in [-0.39, 0.29) is 23.7 Å². The average molecular weight is 306 g/mol. The van der Waals surface area contributed by atoms with Crippen molar-refractivity contribution >= 4 is 33.2 Å². The molecule has 0 unspecified atom stereocenters. The Morgan fingerprint density at radius 2 is 1.47 bits per heavy atom. The van der Waals surface area contributed by atoms with Gasteiger partial charge in [-0.15, -0.1) is 0 Å². The lowest BCUT2D eigenvalue weighted by Crippen LogP contribution is -2.37. The van der Waals surface area contributed by atoms with Gasteiger partial charge < -0.3 is 10.6 Å². The van der Waals surface area contributed by atoms with Crippen LogP contribution in [0.5, 0.6) is 0 Å². The van der Waals surface area contributed by atoms with Crippen LogP contribution in [0, 0.1) is 0 Å².